The lowest BCUT2D eigenvalue weighted by molar-refractivity contribution is -0.161. The molecule has 0 rings (SSSR count). The topological polar surface area (TPSA) is 237 Å². The minimum atomic E-state index is -4.96. The van der Waals surface area contributed by atoms with Crippen LogP contribution in [0.5, 0.6) is 0 Å². The quantitative estimate of drug-likeness (QED) is 0.0222. The van der Waals surface area contributed by atoms with Gasteiger partial charge in [-0.15, -0.1) is 0 Å². The number of ether oxygens (including phenoxy) is 4. The Morgan fingerprint density at radius 2 is 0.466 bits per heavy atom. The number of phosphoric ester groups is 2. The van der Waals surface area contributed by atoms with Gasteiger partial charge in [-0.2, -0.15) is 0 Å². The van der Waals surface area contributed by atoms with Crippen molar-refractivity contribution in [1.29, 1.82) is 0 Å². The molecule has 0 aromatic heterocycles. The number of rotatable bonds is 81. The van der Waals surface area contributed by atoms with Crippen LogP contribution in [0.15, 0.2) is 0 Å². The lowest BCUT2D eigenvalue weighted by Crippen LogP contribution is -2.30. The number of aliphatic hydroxyl groups excluding tert-OH is 1. The predicted octanol–water partition coefficient (Wildman–Crippen LogP) is 25.2. The first-order valence-corrected chi connectivity index (χ1v) is 46.2. The number of aliphatic hydroxyl groups is 1. The highest BCUT2D eigenvalue weighted by Crippen LogP contribution is 2.45. The minimum absolute atomic E-state index is 0.106. The van der Waals surface area contributed by atoms with Crippen molar-refractivity contribution in [3.63, 3.8) is 0 Å². The van der Waals surface area contributed by atoms with Gasteiger partial charge in [-0.05, 0) is 49.4 Å². The molecule has 19 heteroatoms. The number of hydrogen-bond acceptors (Lipinski definition) is 15. The molecule has 0 saturated carbocycles. The van der Waals surface area contributed by atoms with Gasteiger partial charge in [0.25, 0.3) is 0 Å². The third kappa shape index (κ3) is 76.6. The Morgan fingerprint density at radius 1 is 0.272 bits per heavy atom. The molecule has 0 heterocycles. The van der Waals surface area contributed by atoms with Crippen LogP contribution in [-0.4, -0.2) is 96.7 Å². The highest BCUT2D eigenvalue weighted by atomic mass is 31.2. The summed E-state index contributed by atoms with van der Waals surface area (Å²) in [6, 6.07) is 0. The molecule has 0 aromatic carbocycles. The van der Waals surface area contributed by atoms with E-state index in [1.165, 1.54) is 231 Å². The van der Waals surface area contributed by atoms with Crippen molar-refractivity contribution in [1.82, 2.24) is 0 Å². The molecule has 103 heavy (non-hydrogen) atoms. The molecule has 0 saturated heterocycles. The van der Waals surface area contributed by atoms with Crippen LogP contribution in [0.1, 0.15) is 434 Å². The van der Waals surface area contributed by atoms with Gasteiger partial charge in [0.15, 0.2) is 12.2 Å². The smallest absolute Gasteiger partial charge is 0.462 e. The van der Waals surface area contributed by atoms with Crippen LogP contribution in [0.4, 0.5) is 0 Å². The second kappa shape index (κ2) is 72.9. The van der Waals surface area contributed by atoms with Crippen molar-refractivity contribution < 1.29 is 80.2 Å². The highest BCUT2D eigenvalue weighted by Gasteiger charge is 2.30. The summed E-state index contributed by atoms with van der Waals surface area (Å²) in [7, 11) is -9.93. The lowest BCUT2D eigenvalue weighted by Gasteiger charge is -2.21. The Kier molecular flexibility index (Phi) is 71.5. The normalized spacial score (nSPS) is 14.2. The Morgan fingerprint density at radius 3 is 0.689 bits per heavy atom. The molecule has 0 aromatic rings. The molecule has 4 unspecified atom stereocenters. The molecule has 612 valence electrons. The molecule has 3 N–H and O–H groups in total. The molecule has 17 nitrogen and oxygen atoms in total. The summed E-state index contributed by atoms with van der Waals surface area (Å²) in [4.78, 5) is 73.1. The van der Waals surface area contributed by atoms with Crippen molar-refractivity contribution >= 4 is 39.5 Å². The molecular weight excluding hydrogens is 1340 g/mol. The minimum Gasteiger partial charge on any atom is -0.462 e. The SMILES string of the molecule is CCC(C)CCCCCCCCCCCCCCCCC(=O)OC[C@H](COP(=O)(O)OCC(O)COP(=O)(O)OC[C@@H](COC(=O)CCCCCCCCC(C)C)OC(=O)CCCCCCCCCCCCCCCCCC(C)C)OC(=O)CCCCCCCCCCCCCCCCCC(C)C. The molecule has 0 fully saturated rings. The van der Waals surface area contributed by atoms with Gasteiger partial charge in [0.1, 0.15) is 19.3 Å². The van der Waals surface area contributed by atoms with Gasteiger partial charge in [-0.1, -0.05) is 383 Å². The Balaban J connectivity index is 5.22. The van der Waals surface area contributed by atoms with Gasteiger partial charge in [-0.25, -0.2) is 9.13 Å². The molecule has 0 aliphatic carbocycles. The first-order valence-electron chi connectivity index (χ1n) is 43.2. The maximum atomic E-state index is 13.1. The number of esters is 4. The second-order valence-electron chi connectivity index (χ2n) is 31.9. The number of carbonyl (C=O) groups excluding carboxylic acids is 4. The van der Waals surface area contributed by atoms with Gasteiger partial charge < -0.3 is 33.8 Å². The molecule has 0 spiro atoms. The van der Waals surface area contributed by atoms with Gasteiger partial charge in [0.05, 0.1) is 26.4 Å². The largest absolute Gasteiger partial charge is 0.472 e. The summed E-state index contributed by atoms with van der Waals surface area (Å²) in [6.45, 7) is 14.3. The standard InChI is InChI=1S/C84H164O17P2/c1-9-77(8)63-55-47-38-32-26-20-16-17-21-27-33-39-48-56-64-81(86)94-70-79(100-83(88)66-58-50-40-34-28-22-14-10-12-18-24-30-36-44-52-60-74(2)3)72-98-102(90,91)96-68-78(85)69-97-103(92,93)99-73-80(71-95-82(87)65-57-49-43-42-46-54-62-76(6)7)101-84(89)67-59-51-41-35-29-23-15-11-13-19-25-31-37-45-53-61-75(4)5/h74-80,85H,9-73H2,1-8H3,(H,90,91)(H,92,93)/t77?,78?,79-,80-/m1/s1. The Bertz CT molecular complexity index is 2010. The molecule has 0 aliphatic rings. The van der Waals surface area contributed by atoms with Crippen LogP contribution in [0.2, 0.25) is 0 Å². The molecule has 0 aliphatic heterocycles. The summed E-state index contributed by atoms with van der Waals surface area (Å²) >= 11 is 0. The summed E-state index contributed by atoms with van der Waals surface area (Å²) in [5.74, 6) is 1.02. The van der Waals surface area contributed by atoms with Crippen LogP contribution >= 0.6 is 15.6 Å². The Labute approximate surface area is 632 Å². The molecular formula is C84H164O17P2. The maximum absolute atomic E-state index is 13.1. The van der Waals surface area contributed by atoms with Crippen LogP contribution in [0.3, 0.4) is 0 Å². The average molecular weight is 1510 g/mol. The Hall–Kier alpha value is -1.94. The van der Waals surface area contributed by atoms with E-state index >= 15 is 0 Å². The second-order valence-corrected chi connectivity index (χ2v) is 34.8. The average Bonchev–Trinajstić information content (AvgIpc) is 0.909. The van der Waals surface area contributed by atoms with Crippen molar-refractivity contribution in [2.45, 2.75) is 453 Å². The van der Waals surface area contributed by atoms with Crippen molar-refractivity contribution in [2.24, 2.45) is 23.7 Å². The summed E-state index contributed by atoms with van der Waals surface area (Å²) in [5.41, 5.74) is 0. The fourth-order valence-corrected chi connectivity index (χ4v) is 14.5. The van der Waals surface area contributed by atoms with E-state index in [4.69, 9.17) is 37.0 Å². The number of phosphoric acid groups is 2. The van der Waals surface area contributed by atoms with E-state index < -0.39 is 97.5 Å². The van der Waals surface area contributed by atoms with Crippen LogP contribution < -0.4 is 0 Å². The van der Waals surface area contributed by atoms with Crippen molar-refractivity contribution in [2.75, 3.05) is 39.6 Å². The van der Waals surface area contributed by atoms with Crippen molar-refractivity contribution in [3.05, 3.63) is 0 Å². The monoisotopic (exact) mass is 1510 g/mol. The zero-order valence-electron chi connectivity index (χ0n) is 68.0. The van der Waals surface area contributed by atoms with E-state index in [1.54, 1.807) is 0 Å². The molecule has 6 atom stereocenters. The van der Waals surface area contributed by atoms with E-state index in [9.17, 15) is 43.2 Å². The third-order valence-electron chi connectivity index (χ3n) is 19.9. The van der Waals surface area contributed by atoms with Crippen LogP contribution in [-0.2, 0) is 65.4 Å². The highest BCUT2D eigenvalue weighted by molar-refractivity contribution is 7.47. The number of unbranched alkanes of at least 4 members (excludes halogenated alkanes) is 46. The van der Waals surface area contributed by atoms with Gasteiger partial charge in [0, 0.05) is 25.7 Å². The van der Waals surface area contributed by atoms with Gasteiger partial charge >= 0.3 is 39.5 Å². The molecule has 0 amide bonds. The molecule has 0 bridgehead atoms. The van der Waals surface area contributed by atoms with Gasteiger partial charge in [-0.3, -0.25) is 37.3 Å². The van der Waals surface area contributed by atoms with E-state index in [0.29, 0.717) is 31.6 Å². The first kappa shape index (κ1) is 101. The maximum Gasteiger partial charge on any atom is 0.472 e. The van der Waals surface area contributed by atoms with E-state index in [2.05, 4.69) is 55.4 Å². The number of carbonyl (C=O) groups is 4. The van der Waals surface area contributed by atoms with E-state index in [0.717, 1.165) is 114 Å². The summed E-state index contributed by atoms with van der Waals surface area (Å²) < 4.78 is 68.8. The zero-order chi connectivity index (χ0) is 76.0. The van der Waals surface area contributed by atoms with E-state index in [-0.39, 0.29) is 25.7 Å². The van der Waals surface area contributed by atoms with Crippen molar-refractivity contribution in [3.8, 4) is 0 Å². The van der Waals surface area contributed by atoms with Crippen LogP contribution in [0.25, 0.3) is 0 Å². The fraction of sp³-hybridized carbons (Fsp3) is 0.952. The lowest BCUT2D eigenvalue weighted by atomic mass is 9.99. The molecule has 0 radical (unpaired) electrons. The first-order chi connectivity index (χ1) is 49.6. The summed E-state index contributed by atoms with van der Waals surface area (Å²) in [5, 5.41) is 10.7. The van der Waals surface area contributed by atoms with Crippen LogP contribution in [0, 0.1) is 23.7 Å². The van der Waals surface area contributed by atoms with E-state index in [1.807, 2.05) is 0 Å². The third-order valence-corrected chi connectivity index (χ3v) is 21.8. The predicted molar refractivity (Wildman–Crippen MR) is 423 cm³/mol. The fourth-order valence-electron chi connectivity index (χ4n) is 12.9. The van der Waals surface area contributed by atoms with Gasteiger partial charge in [0.2, 0.25) is 0 Å². The number of hydrogen-bond donors (Lipinski definition) is 3. The zero-order valence-corrected chi connectivity index (χ0v) is 69.7. The summed E-state index contributed by atoms with van der Waals surface area (Å²) in [6.07, 6.45) is 61.2.